The molecule has 4 rings (SSSR count). The van der Waals surface area contributed by atoms with Crippen LogP contribution in [-0.4, -0.2) is 37.9 Å². The molecule has 2 heterocycles. The summed E-state index contributed by atoms with van der Waals surface area (Å²) in [6.45, 7) is 0. The number of nitrogens with one attached hydrogen (secondary N) is 2. The first kappa shape index (κ1) is 23.3. The Morgan fingerprint density at radius 2 is 2.09 bits per heavy atom. The summed E-state index contributed by atoms with van der Waals surface area (Å²) in [5, 5.41) is 28.9. The molecule has 0 bridgehead atoms. The number of rotatable bonds is 8. The molecule has 0 fully saturated rings. The minimum Gasteiger partial charge on any atom is -0.494 e. The number of nitrogens with two attached hydrogens (primary N) is 1. The van der Waals surface area contributed by atoms with Crippen LogP contribution in [0.5, 0.6) is 5.75 Å². The predicted molar refractivity (Wildman–Crippen MR) is 125 cm³/mol. The van der Waals surface area contributed by atoms with E-state index in [0.717, 1.165) is 10.2 Å². The van der Waals surface area contributed by atoms with E-state index in [-0.39, 0.29) is 29.4 Å². The van der Waals surface area contributed by atoms with Gasteiger partial charge in [-0.15, -0.1) is 10.2 Å². The molecule has 0 spiro atoms. The van der Waals surface area contributed by atoms with Gasteiger partial charge in [0.15, 0.2) is 17.4 Å². The fraction of sp³-hybridized carbons (Fsp3) is 0.167. The number of hydrogen-bond donors (Lipinski definition) is 3. The van der Waals surface area contributed by atoms with Crippen molar-refractivity contribution in [1.29, 1.82) is 10.7 Å². The zero-order valence-electron chi connectivity index (χ0n) is 18.7. The molecule has 0 aliphatic rings. The van der Waals surface area contributed by atoms with Crippen LogP contribution in [0, 0.1) is 22.6 Å². The van der Waals surface area contributed by atoms with E-state index in [1.54, 1.807) is 30.3 Å². The molecule has 4 aromatic rings. The van der Waals surface area contributed by atoms with Gasteiger partial charge in [0.05, 0.1) is 19.6 Å². The monoisotopic (exact) mass is 472 g/mol. The molecule has 1 unspecified atom stereocenters. The van der Waals surface area contributed by atoms with Crippen LogP contribution in [0.25, 0.3) is 5.82 Å². The van der Waals surface area contributed by atoms with Crippen LogP contribution in [0.1, 0.15) is 34.0 Å². The first-order valence-electron chi connectivity index (χ1n) is 10.5. The average molecular weight is 472 g/mol. The van der Waals surface area contributed by atoms with Crippen molar-refractivity contribution in [3.63, 3.8) is 0 Å². The Bertz CT molecular complexity index is 1460. The Hall–Kier alpha value is -4.85. The Balaban J connectivity index is 1.84. The lowest BCUT2D eigenvalue weighted by Crippen LogP contribution is -2.17. The van der Waals surface area contributed by atoms with E-state index in [1.165, 1.54) is 19.4 Å². The van der Waals surface area contributed by atoms with E-state index >= 15 is 0 Å². The summed E-state index contributed by atoms with van der Waals surface area (Å²) >= 11 is 0. The van der Waals surface area contributed by atoms with Gasteiger partial charge in [-0.25, -0.2) is 9.18 Å². The number of methoxy groups -OCH3 is 1. The Kier molecular flexibility index (Phi) is 6.64. The second kappa shape index (κ2) is 9.96. The van der Waals surface area contributed by atoms with E-state index in [9.17, 15) is 9.18 Å². The zero-order chi connectivity index (χ0) is 24.9. The maximum atomic E-state index is 14.7. The van der Waals surface area contributed by atoms with Crippen molar-refractivity contribution in [3.05, 3.63) is 99.1 Å². The highest BCUT2D eigenvalue weighted by molar-refractivity contribution is 5.94. The summed E-state index contributed by atoms with van der Waals surface area (Å²) in [6, 6.07) is 15.4. The highest BCUT2D eigenvalue weighted by Crippen LogP contribution is 2.32. The van der Waals surface area contributed by atoms with Gasteiger partial charge in [0.1, 0.15) is 11.7 Å². The Morgan fingerprint density at radius 3 is 2.71 bits per heavy atom. The number of ether oxygens (including phenoxy) is 1. The molecule has 0 saturated heterocycles. The van der Waals surface area contributed by atoms with E-state index in [0.29, 0.717) is 23.4 Å². The molecule has 4 N–H and O–H groups in total. The fourth-order valence-corrected chi connectivity index (χ4v) is 3.73. The van der Waals surface area contributed by atoms with Crippen molar-refractivity contribution in [2.75, 3.05) is 7.11 Å². The Morgan fingerprint density at radius 1 is 1.31 bits per heavy atom. The number of aromatic amines is 1. The minimum atomic E-state index is -0.610. The quantitative estimate of drug-likeness (QED) is 0.262. The first-order chi connectivity index (χ1) is 16.9. The number of aromatic nitrogens is 5. The molecule has 0 saturated carbocycles. The smallest absolute Gasteiger partial charge is 0.349 e. The van der Waals surface area contributed by atoms with Gasteiger partial charge in [-0.3, -0.25) is 10.4 Å². The Labute approximate surface area is 199 Å². The first-order valence-corrected chi connectivity index (χ1v) is 10.5. The number of benzene rings is 2. The second-order valence-corrected chi connectivity index (χ2v) is 7.71. The molecule has 2 aromatic carbocycles. The topological polar surface area (TPSA) is 159 Å². The van der Waals surface area contributed by atoms with Crippen LogP contribution in [0.4, 0.5) is 4.39 Å². The minimum absolute atomic E-state index is 0.0135. The summed E-state index contributed by atoms with van der Waals surface area (Å²) in [5.41, 5.74) is 7.26. The molecule has 0 amide bonds. The molecular formula is C24H21FN8O2. The summed E-state index contributed by atoms with van der Waals surface area (Å²) < 4.78 is 21.1. The van der Waals surface area contributed by atoms with Gasteiger partial charge < -0.3 is 10.5 Å². The number of nitriles is 1. The number of H-pyrrole nitrogens is 1. The number of nitrogens with zero attached hydrogens (tertiary/aromatic N) is 5. The van der Waals surface area contributed by atoms with Gasteiger partial charge in [-0.2, -0.15) is 15.0 Å². The molecule has 176 valence electrons. The van der Waals surface area contributed by atoms with Crippen LogP contribution in [0.2, 0.25) is 0 Å². The van der Waals surface area contributed by atoms with Gasteiger partial charge >= 0.3 is 5.69 Å². The SMILES string of the molecule is COc1cc(C(Cc2ccc(C(=N)N)cc2)c2nn(-c3cccnn3)c(=O)[nH]2)cc(CC#N)c1F. The predicted octanol–water partition coefficient (Wildman–Crippen LogP) is 2.22. The molecule has 0 aliphatic carbocycles. The fourth-order valence-electron chi connectivity index (χ4n) is 3.73. The van der Waals surface area contributed by atoms with Gasteiger partial charge in [0, 0.05) is 23.2 Å². The second-order valence-electron chi connectivity index (χ2n) is 7.71. The van der Waals surface area contributed by atoms with Crippen molar-refractivity contribution in [2.24, 2.45) is 5.73 Å². The highest BCUT2D eigenvalue weighted by atomic mass is 19.1. The summed E-state index contributed by atoms with van der Waals surface area (Å²) in [5.74, 6) is -0.652. The standard InChI is InChI=1S/C24H21FN8O2/c1-35-19-13-17(12-16(8-9-26)21(19)25)18(11-14-4-6-15(7-5-14)22(27)28)23-30-24(34)33(32-23)20-3-2-10-29-31-20/h2-7,10,12-13,18H,8,11H2,1H3,(H3,27,28)(H,30,32,34). The number of hydrogen-bond acceptors (Lipinski definition) is 7. The third kappa shape index (κ3) is 4.91. The maximum absolute atomic E-state index is 14.7. The number of halogens is 1. The van der Waals surface area contributed by atoms with Crippen molar-refractivity contribution in [3.8, 4) is 17.6 Å². The van der Waals surface area contributed by atoms with Crippen molar-refractivity contribution in [2.45, 2.75) is 18.8 Å². The van der Waals surface area contributed by atoms with E-state index < -0.39 is 17.4 Å². The number of nitrogen functional groups attached to an aromatic ring is 1. The molecule has 0 radical (unpaired) electrons. The van der Waals surface area contributed by atoms with Crippen LogP contribution in [-0.2, 0) is 12.8 Å². The van der Waals surface area contributed by atoms with Crippen molar-refractivity contribution >= 4 is 5.84 Å². The van der Waals surface area contributed by atoms with Crippen molar-refractivity contribution < 1.29 is 9.13 Å². The maximum Gasteiger partial charge on any atom is 0.349 e. The van der Waals surface area contributed by atoms with Gasteiger partial charge in [-0.1, -0.05) is 30.3 Å². The zero-order valence-corrected chi connectivity index (χ0v) is 18.7. The van der Waals surface area contributed by atoms with Crippen LogP contribution >= 0.6 is 0 Å². The van der Waals surface area contributed by atoms with Crippen LogP contribution < -0.4 is 16.2 Å². The van der Waals surface area contributed by atoms with Gasteiger partial charge in [0.25, 0.3) is 0 Å². The third-order valence-corrected chi connectivity index (χ3v) is 5.47. The molecule has 10 nitrogen and oxygen atoms in total. The van der Waals surface area contributed by atoms with Crippen LogP contribution in [0.3, 0.4) is 0 Å². The number of amidine groups is 1. The van der Waals surface area contributed by atoms with E-state index in [2.05, 4.69) is 20.3 Å². The lowest BCUT2D eigenvalue weighted by Gasteiger charge is -2.18. The molecular weight excluding hydrogens is 451 g/mol. The molecule has 1 atom stereocenters. The third-order valence-electron chi connectivity index (χ3n) is 5.47. The average Bonchev–Trinajstić information content (AvgIpc) is 3.26. The van der Waals surface area contributed by atoms with Crippen molar-refractivity contribution in [1.82, 2.24) is 25.0 Å². The lowest BCUT2D eigenvalue weighted by molar-refractivity contribution is 0.383. The molecule has 0 aliphatic heterocycles. The molecule has 35 heavy (non-hydrogen) atoms. The van der Waals surface area contributed by atoms with Crippen LogP contribution in [0.15, 0.2) is 59.5 Å². The lowest BCUT2D eigenvalue weighted by atomic mass is 9.89. The largest absolute Gasteiger partial charge is 0.494 e. The molecule has 11 heteroatoms. The summed E-state index contributed by atoms with van der Waals surface area (Å²) in [7, 11) is 1.35. The normalized spacial score (nSPS) is 11.6. The highest BCUT2D eigenvalue weighted by Gasteiger charge is 2.24. The molecule has 2 aromatic heterocycles. The van der Waals surface area contributed by atoms with Gasteiger partial charge in [-0.05, 0) is 35.7 Å². The summed E-state index contributed by atoms with van der Waals surface area (Å²) in [6.07, 6.45) is 1.70. The summed E-state index contributed by atoms with van der Waals surface area (Å²) in [4.78, 5) is 15.5. The van der Waals surface area contributed by atoms with E-state index in [4.69, 9.17) is 21.1 Å². The van der Waals surface area contributed by atoms with E-state index in [1.807, 2.05) is 18.2 Å². The van der Waals surface area contributed by atoms with Gasteiger partial charge in [0.2, 0.25) is 0 Å².